The van der Waals surface area contributed by atoms with E-state index in [0.717, 1.165) is 6.26 Å². The fraction of sp³-hybridized carbons (Fsp3) is 0.111. The van der Waals surface area contributed by atoms with Gasteiger partial charge >= 0.3 is 0 Å². The largest absolute Gasteiger partial charge is 0.368 e. The summed E-state index contributed by atoms with van der Waals surface area (Å²) in [7, 11) is -3.55. The first-order valence-corrected chi connectivity index (χ1v) is 13.9. The van der Waals surface area contributed by atoms with Crippen molar-refractivity contribution >= 4 is 38.5 Å². The highest BCUT2D eigenvalue weighted by Crippen LogP contribution is 2.29. The number of benzene rings is 2. The molecule has 4 N–H and O–H groups in total. The van der Waals surface area contributed by atoms with Crippen LogP contribution in [0.25, 0.3) is 27.7 Å². The van der Waals surface area contributed by atoms with Crippen LogP contribution in [0.3, 0.4) is 0 Å². The third-order valence-electron chi connectivity index (χ3n) is 5.97. The van der Waals surface area contributed by atoms with E-state index in [9.17, 15) is 18.5 Å². The predicted octanol–water partition coefficient (Wildman–Crippen LogP) is 3.24. The van der Waals surface area contributed by atoms with E-state index in [-0.39, 0.29) is 28.7 Å². The van der Waals surface area contributed by atoms with Gasteiger partial charge < -0.3 is 11.1 Å². The Bertz CT molecular complexity index is 1950. The lowest BCUT2D eigenvalue weighted by Crippen LogP contribution is -2.28. The van der Waals surface area contributed by atoms with Crippen LogP contribution in [0.4, 0.5) is 17.6 Å². The van der Waals surface area contributed by atoms with E-state index in [1.165, 1.54) is 17.0 Å². The summed E-state index contributed by atoms with van der Waals surface area (Å²) in [6.07, 6.45) is 3.82. The Morgan fingerprint density at radius 2 is 1.82 bits per heavy atom. The van der Waals surface area contributed by atoms with E-state index in [1.54, 1.807) is 49.4 Å². The number of fused-ring (bicyclic) bond motifs is 1. The number of rotatable bonds is 7. The molecule has 0 spiro atoms. The van der Waals surface area contributed by atoms with Crippen molar-refractivity contribution in [3.05, 3.63) is 94.8 Å². The molecule has 0 radical (unpaired) electrons. The van der Waals surface area contributed by atoms with Crippen LogP contribution in [0.5, 0.6) is 0 Å². The number of nitrogens with two attached hydrogens (primary N) is 1. The molecule has 5 aromatic rings. The number of nitrogens with zero attached hydrogens (tertiary/aromatic N) is 6. The molecule has 0 aliphatic carbocycles. The maximum Gasteiger partial charge on any atom is 0.266 e. The Morgan fingerprint density at radius 1 is 1.05 bits per heavy atom. The van der Waals surface area contributed by atoms with Gasteiger partial charge in [-0.25, -0.2) is 23.4 Å². The number of para-hydroxylation sites is 1. The summed E-state index contributed by atoms with van der Waals surface area (Å²) in [4.78, 5) is 31.2. The zero-order valence-electron chi connectivity index (χ0n) is 21.4. The first-order valence-electron chi connectivity index (χ1n) is 12.0. The number of hydrogen-bond acceptors (Lipinski definition) is 10. The number of aromatic nitrogens is 5. The molecule has 12 nitrogen and oxygen atoms in total. The Labute approximate surface area is 229 Å². The molecule has 5 rings (SSSR count). The zero-order chi connectivity index (χ0) is 28.4. The SMILES string of the molecule is C[C@H](Nc1nc(N)ncc1C#N)c1nc2cccc(-c3ccnc(NS(C)(=O)=O)c3)c2c(=O)n1-c1ccccc1. The highest BCUT2D eigenvalue weighted by atomic mass is 32.2. The van der Waals surface area contributed by atoms with Crippen molar-refractivity contribution in [3.63, 3.8) is 0 Å². The third-order valence-corrected chi connectivity index (χ3v) is 6.55. The lowest BCUT2D eigenvalue weighted by molar-refractivity contribution is 0.606. The molecule has 2 aromatic carbocycles. The van der Waals surface area contributed by atoms with Gasteiger partial charge in [-0.3, -0.25) is 14.1 Å². The van der Waals surface area contributed by atoms with Gasteiger partial charge in [-0.05, 0) is 48.4 Å². The van der Waals surface area contributed by atoms with Gasteiger partial charge in [-0.2, -0.15) is 10.2 Å². The van der Waals surface area contributed by atoms with E-state index in [2.05, 4.69) is 25.0 Å². The van der Waals surface area contributed by atoms with Gasteiger partial charge in [0.2, 0.25) is 16.0 Å². The topological polar surface area (TPSA) is 182 Å². The standard InChI is InChI=1S/C27H23N9O3S/c1-16(32-24-18(14-28)15-31-27(29)34-24)25-33-21-10-6-9-20(17-11-12-30-22(13-17)35-40(2,38)39)23(21)26(37)36(25)19-7-4-3-5-8-19/h3-13,15-16H,1-2H3,(H,30,35)(H3,29,31,32,34)/t16-/m0/s1. The van der Waals surface area contributed by atoms with Crippen LogP contribution in [0.2, 0.25) is 0 Å². The molecule has 3 aromatic heterocycles. The normalized spacial score (nSPS) is 12.0. The summed E-state index contributed by atoms with van der Waals surface area (Å²) in [6.45, 7) is 1.79. The van der Waals surface area contributed by atoms with Gasteiger partial charge in [0.15, 0.2) is 0 Å². The summed E-state index contributed by atoms with van der Waals surface area (Å²) >= 11 is 0. The molecule has 0 aliphatic rings. The fourth-order valence-electron chi connectivity index (χ4n) is 4.31. The van der Waals surface area contributed by atoms with Crippen molar-refractivity contribution < 1.29 is 8.42 Å². The molecular formula is C27H23N9O3S. The van der Waals surface area contributed by atoms with Gasteiger partial charge in [0.05, 0.1) is 35.1 Å². The van der Waals surface area contributed by atoms with Gasteiger partial charge in [-0.15, -0.1) is 0 Å². The molecule has 3 heterocycles. The smallest absolute Gasteiger partial charge is 0.266 e. The second-order valence-corrected chi connectivity index (χ2v) is 10.7. The number of hydrogen-bond donors (Lipinski definition) is 3. The lowest BCUT2D eigenvalue weighted by atomic mass is 10.0. The molecular weight excluding hydrogens is 530 g/mol. The van der Waals surface area contributed by atoms with Crippen LogP contribution in [0, 0.1) is 11.3 Å². The Kier molecular flexibility index (Phi) is 6.85. The molecule has 1 atom stereocenters. The molecule has 40 heavy (non-hydrogen) atoms. The van der Waals surface area contributed by atoms with E-state index in [0.29, 0.717) is 33.5 Å². The van der Waals surface area contributed by atoms with Crippen molar-refractivity contribution in [2.24, 2.45) is 0 Å². The molecule has 0 saturated carbocycles. The maximum absolute atomic E-state index is 14.3. The highest BCUT2D eigenvalue weighted by Gasteiger charge is 2.22. The number of nitrogens with one attached hydrogen (secondary N) is 2. The minimum absolute atomic E-state index is 0.00709. The van der Waals surface area contributed by atoms with Gasteiger partial charge in [-0.1, -0.05) is 30.3 Å². The molecule has 0 aliphatic heterocycles. The summed E-state index contributed by atoms with van der Waals surface area (Å²) in [5.74, 6) is 0.705. The van der Waals surface area contributed by atoms with Crippen LogP contribution in [0.15, 0.2) is 77.9 Å². The monoisotopic (exact) mass is 553 g/mol. The van der Waals surface area contributed by atoms with Crippen molar-refractivity contribution in [3.8, 4) is 22.9 Å². The van der Waals surface area contributed by atoms with Crippen molar-refractivity contribution in [2.45, 2.75) is 13.0 Å². The Morgan fingerprint density at radius 3 is 2.55 bits per heavy atom. The average molecular weight is 554 g/mol. The van der Waals surface area contributed by atoms with Gasteiger partial charge in [0, 0.05) is 6.20 Å². The summed E-state index contributed by atoms with van der Waals surface area (Å²) in [5.41, 5.74) is 7.74. The predicted molar refractivity (Wildman–Crippen MR) is 152 cm³/mol. The van der Waals surface area contributed by atoms with E-state index < -0.39 is 16.1 Å². The molecule has 13 heteroatoms. The van der Waals surface area contributed by atoms with Crippen LogP contribution in [-0.2, 0) is 10.0 Å². The highest BCUT2D eigenvalue weighted by molar-refractivity contribution is 7.92. The van der Waals surface area contributed by atoms with Crippen LogP contribution in [0.1, 0.15) is 24.4 Å². The second kappa shape index (κ2) is 10.4. The quantitative estimate of drug-likeness (QED) is 0.270. The minimum atomic E-state index is -3.55. The first-order chi connectivity index (χ1) is 19.1. The van der Waals surface area contributed by atoms with Gasteiger partial charge in [0.1, 0.15) is 29.1 Å². The number of anilines is 3. The summed E-state index contributed by atoms with van der Waals surface area (Å²) < 4.78 is 27.4. The molecule has 0 bridgehead atoms. The average Bonchev–Trinajstić information content (AvgIpc) is 2.92. The van der Waals surface area contributed by atoms with E-state index in [4.69, 9.17) is 10.7 Å². The van der Waals surface area contributed by atoms with Crippen LogP contribution in [-0.4, -0.2) is 39.2 Å². The second-order valence-electron chi connectivity index (χ2n) is 8.92. The molecule has 0 unspecified atom stereocenters. The lowest BCUT2D eigenvalue weighted by Gasteiger charge is -2.21. The maximum atomic E-state index is 14.3. The van der Waals surface area contributed by atoms with Gasteiger partial charge in [0.25, 0.3) is 5.56 Å². The van der Waals surface area contributed by atoms with Crippen molar-refractivity contribution in [1.82, 2.24) is 24.5 Å². The number of nitriles is 1. The Hall–Kier alpha value is -5.35. The molecule has 0 saturated heterocycles. The van der Waals surface area contributed by atoms with E-state index in [1.807, 2.05) is 24.3 Å². The minimum Gasteiger partial charge on any atom is -0.368 e. The number of pyridine rings is 1. The Balaban J connectivity index is 1.72. The molecule has 200 valence electrons. The van der Waals surface area contributed by atoms with E-state index >= 15 is 0 Å². The van der Waals surface area contributed by atoms with Crippen molar-refractivity contribution in [1.29, 1.82) is 5.26 Å². The van der Waals surface area contributed by atoms with Crippen LogP contribution < -0.4 is 21.3 Å². The fourth-order valence-corrected chi connectivity index (χ4v) is 4.80. The summed E-state index contributed by atoms with van der Waals surface area (Å²) in [6, 6.07) is 19.0. The summed E-state index contributed by atoms with van der Waals surface area (Å²) in [5, 5.41) is 13.0. The number of nitrogen functional groups attached to an aromatic ring is 1. The first kappa shape index (κ1) is 26.3. The molecule has 0 amide bonds. The number of sulfonamides is 1. The zero-order valence-corrected chi connectivity index (χ0v) is 22.2. The third kappa shape index (κ3) is 5.29. The van der Waals surface area contributed by atoms with Crippen LogP contribution >= 0.6 is 0 Å². The van der Waals surface area contributed by atoms with Crippen molar-refractivity contribution in [2.75, 3.05) is 22.0 Å². The molecule has 0 fully saturated rings.